The molecule has 0 aliphatic carbocycles. The largest absolute Gasteiger partial charge is 0.212 e. The highest BCUT2D eigenvalue weighted by Crippen LogP contribution is 2.27. The molecule has 4 aromatic heterocycles. The Morgan fingerprint density at radius 2 is 0.580 bits per heavy atom. The molecule has 0 bridgehead atoms. The lowest BCUT2D eigenvalue weighted by Crippen LogP contribution is -2.31. The lowest BCUT2D eigenvalue weighted by molar-refractivity contribution is -0.660. The maximum absolute atomic E-state index is 2.29. The van der Waals surface area contributed by atoms with Crippen LogP contribution in [0.4, 0.5) is 0 Å². The van der Waals surface area contributed by atoms with Crippen molar-refractivity contribution >= 4 is 0 Å². The van der Waals surface area contributed by atoms with Crippen LogP contribution in [0.15, 0.2) is 134 Å². The van der Waals surface area contributed by atoms with Gasteiger partial charge in [-0.1, -0.05) is 57.7 Å². The molecule has 4 heteroatoms. The van der Waals surface area contributed by atoms with Gasteiger partial charge in [0.1, 0.15) is 28.2 Å². The molecule has 69 heavy (non-hydrogen) atoms. The zero-order valence-corrected chi connectivity index (χ0v) is 43.5. The van der Waals surface area contributed by atoms with Crippen LogP contribution < -0.4 is 18.3 Å². The second kappa shape index (κ2) is 25.7. The molecule has 0 fully saturated rings. The summed E-state index contributed by atoms with van der Waals surface area (Å²) >= 11 is 0. The molecular weight excluding hydrogens is 837 g/mol. The SMILES string of the molecule is C.C.C.Cc1cc(C)c(-c2cccc[n+]2C)cc1C.Cc1cc(C)c(C)c(-c2ccc(C)c[n+]2C)c1.Cc1cc(C)c(C)c(-c2cccc[n+]2C)c1.Cc1ccc(-c2cc(C)c(C)cc2C)[n+](C)c1. The van der Waals surface area contributed by atoms with Gasteiger partial charge in [0.25, 0.3) is 0 Å². The molecule has 0 atom stereocenters. The van der Waals surface area contributed by atoms with Crippen molar-refractivity contribution < 1.29 is 18.3 Å². The summed E-state index contributed by atoms with van der Waals surface area (Å²) in [6, 6.07) is 39.5. The Bertz CT molecular complexity index is 3010. The average Bonchev–Trinajstić information content (AvgIpc) is 3.25. The highest BCUT2D eigenvalue weighted by Gasteiger charge is 2.17. The fourth-order valence-electron chi connectivity index (χ4n) is 8.74. The maximum Gasteiger partial charge on any atom is 0.212 e. The van der Waals surface area contributed by atoms with Crippen LogP contribution in [-0.2, 0) is 28.2 Å². The molecule has 0 spiro atoms. The Balaban J connectivity index is 0.000000311. The third-order valence-electron chi connectivity index (χ3n) is 13.1. The number of hydrogen-bond acceptors (Lipinski definition) is 0. The van der Waals surface area contributed by atoms with E-state index in [9.17, 15) is 0 Å². The molecule has 8 rings (SSSR count). The van der Waals surface area contributed by atoms with E-state index in [0.29, 0.717) is 0 Å². The normalized spacial score (nSPS) is 10.1. The molecule has 0 saturated heterocycles. The van der Waals surface area contributed by atoms with Crippen LogP contribution >= 0.6 is 0 Å². The molecule has 0 amide bonds. The number of hydrogen-bond donors (Lipinski definition) is 0. The fourth-order valence-corrected chi connectivity index (χ4v) is 8.74. The van der Waals surface area contributed by atoms with Gasteiger partial charge in [0.05, 0.1) is 0 Å². The van der Waals surface area contributed by atoms with Gasteiger partial charge in [0.2, 0.25) is 22.8 Å². The third kappa shape index (κ3) is 14.7. The number of aromatic nitrogens is 4. The quantitative estimate of drug-likeness (QED) is 0.156. The molecule has 0 N–H and O–H groups in total. The molecular formula is C65H88N4+4. The van der Waals surface area contributed by atoms with Crippen LogP contribution in [0.5, 0.6) is 0 Å². The van der Waals surface area contributed by atoms with Gasteiger partial charge in [-0.15, -0.1) is 0 Å². The smallest absolute Gasteiger partial charge is 0.201 e. The molecule has 364 valence electrons. The van der Waals surface area contributed by atoms with E-state index in [2.05, 4.69) is 277 Å². The second-order valence-corrected chi connectivity index (χ2v) is 18.8. The van der Waals surface area contributed by atoms with Gasteiger partial charge in [-0.25, -0.2) is 18.3 Å². The van der Waals surface area contributed by atoms with Gasteiger partial charge in [-0.05, 0) is 201 Å². The van der Waals surface area contributed by atoms with E-state index in [-0.39, 0.29) is 22.3 Å². The second-order valence-electron chi connectivity index (χ2n) is 18.8. The predicted octanol–water partition coefficient (Wildman–Crippen LogP) is 14.9. The van der Waals surface area contributed by atoms with Crippen molar-refractivity contribution in [2.75, 3.05) is 0 Å². The summed E-state index contributed by atoms with van der Waals surface area (Å²) in [6.45, 7) is 30.3. The summed E-state index contributed by atoms with van der Waals surface area (Å²) in [5, 5.41) is 0. The number of aryl methyl sites for hydroxylation is 16. The molecule has 4 nitrogen and oxygen atoms in total. The molecule has 4 aromatic carbocycles. The molecule has 0 aliphatic rings. The first-order valence-corrected chi connectivity index (χ1v) is 23.3. The lowest BCUT2D eigenvalue weighted by Gasteiger charge is -2.09. The van der Waals surface area contributed by atoms with Crippen LogP contribution in [0.3, 0.4) is 0 Å². The van der Waals surface area contributed by atoms with Crippen molar-refractivity contribution in [3.63, 3.8) is 0 Å². The molecule has 0 unspecified atom stereocenters. The van der Waals surface area contributed by atoms with Crippen LogP contribution in [0.25, 0.3) is 45.0 Å². The van der Waals surface area contributed by atoms with Gasteiger partial charge in [-0.3, -0.25) is 0 Å². The molecule has 4 heterocycles. The van der Waals surface area contributed by atoms with Gasteiger partial charge in [0, 0.05) is 69.8 Å². The van der Waals surface area contributed by atoms with Gasteiger partial charge < -0.3 is 0 Å². The Morgan fingerprint density at radius 1 is 0.261 bits per heavy atom. The van der Waals surface area contributed by atoms with E-state index in [1.807, 2.05) is 0 Å². The van der Waals surface area contributed by atoms with E-state index in [1.165, 1.54) is 123 Å². The first kappa shape index (κ1) is 58.6. The van der Waals surface area contributed by atoms with Crippen molar-refractivity contribution in [3.8, 4) is 45.0 Å². The first-order chi connectivity index (χ1) is 31.2. The number of pyridine rings is 4. The number of nitrogens with zero attached hydrogens (tertiary/aromatic N) is 4. The summed E-state index contributed by atoms with van der Waals surface area (Å²) < 4.78 is 8.74. The summed E-state index contributed by atoms with van der Waals surface area (Å²) in [5.74, 6) is 0. The molecule has 0 saturated carbocycles. The van der Waals surface area contributed by atoms with Gasteiger partial charge >= 0.3 is 0 Å². The zero-order valence-electron chi connectivity index (χ0n) is 43.5. The lowest BCUT2D eigenvalue weighted by atomic mass is 9.97. The number of benzene rings is 4. The van der Waals surface area contributed by atoms with Crippen molar-refractivity contribution in [2.45, 2.75) is 119 Å². The highest BCUT2D eigenvalue weighted by molar-refractivity contribution is 5.66. The monoisotopic (exact) mass is 925 g/mol. The highest BCUT2D eigenvalue weighted by atomic mass is 14.9. The van der Waals surface area contributed by atoms with Crippen molar-refractivity contribution in [1.29, 1.82) is 0 Å². The Labute approximate surface area is 420 Å². The first-order valence-electron chi connectivity index (χ1n) is 23.3. The van der Waals surface area contributed by atoms with E-state index >= 15 is 0 Å². The zero-order chi connectivity index (χ0) is 48.6. The number of rotatable bonds is 4. The van der Waals surface area contributed by atoms with Crippen LogP contribution in [0.1, 0.15) is 100 Å². The Hall–Kier alpha value is -6.52. The van der Waals surface area contributed by atoms with Crippen LogP contribution in [0.2, 0.25) is 0 Å². The third-order valence-corrected chi connectivity index (χ3v) is 13.1. The summed E-state index contributed by atoms with van der Waals surface area (Å²) in [7, 11) is 8.40. The van der Waals surface area contributed by atoms with Crippen LogP contribution in [0, 0.1) is 96.9 Å². The minimum absolute atomic E-state index is 0. The predicted molar refractivity (Wildman–Crippen MR) is 299 cm³/mol. The fraction of sp³-hybridized carbons (Fsp3) is 0.323. The van der Waals surface area contributed by atoms with E-state index in [4.69, 9.17) is 0 Å². The Morgan fingerprint density at radius 3 is 0.928 bits per heavy atom. The minimum Gasteiger partial charge on any atom is -0.201 e. The summed E-state index contributed by atoms with van der Waals surface area (Å²) in [5.41, 5.74) is 29.2. The van der Waals surface area contributed by atoms with Crippen molar-refractivity contribution in [3.05, 3.63) is 212 Å². The van der Waals surface area contributed by atoms with Gasteiger partial charge in [-0.2, -0.15) is 0 Å². The molecule has 0 aliphatic heterocycles. The van der Waals surface area contributed by atoms with Crippen molar-refractivity contribution in [2.24, 2.45) is 28.2 Å². The van der Waals surface area contributed by atoms with Crippen molar-refractivity contribution in [1.82, 2.24) is 0 Å². The van der Waals surface area contributed by atoms with E-state index in [0.717, 1.165) is 0 Å². The van der Waals surface area contributed by atoms with E-state index in [1.54, 1.807) is 0 Å². The summed E-state index contributed by atoms with van der Waals surface area (Å²) in [4.78, 5) is 0. The minimum atomic E-state index is 0. The standard InChI is InChI=1S/2C16H20N.2C15H18N.3CH4/c1-11-6-7-16(17(5)10-11)15-9-13(3)12(2)8-14(15)4;1-11-6-7-16(17(5)10-11)15-9-12(2)8-13(3)14(15)4;1-11-9-13(3)14(10-12(11)2)15-7-5-6-8-16(15)4;1-11-9-12(2)13(3)14(10-11)15-7-5-6-8-16(15)4;;;/h2*6-10H,1-5H3;2*5-10H,1-4H3;3*1H4/q4*+1;;;. The average molecular weight is 925 g/mol. The van der Waals surface area contributed by atoms with Gasteiger partial charge in [0.15, 0.2) is 24.8 Å². The topological polar surface area (TPSA) is 15.5 Å². The van der Waals surface area contributed by atoms with Crippen LogP contribution in [-0.4, -0.2) is 0 Å². The molecule has 0 radical (unpaired) electrons. The maximum atomic E-state index is 2.29. The summed E-state index contributed by atoms with van der Waals surface area (Å²) in [6.07, 6.45) is 8.52. The van der Waals surface area contributed by atoms with E-state index < -0.39 is 0 Å². The Kier molecular flexibility index (Phi) is 21.9. The molecule has 8 aromatic rings.